The van der Waals surface area contributed by atoms with E-state index in [4.69, 9.17) is 27.4 Å². The molecule has 0 radical (unpaired) electrons. The summed E-state index contributed by atoms with van der Waals surface area (Å²) in [5.74, 6) is -0.408. The number of ether oxygens (including phenoxy) is 2. The molecule has 0 aliphatic carbocycles. The highest BCUT2D eigenvalue weighted by Crippen LogP contribution is 2.11. The first-order chi connectivity index (χ1) is 8.50. The fraction of sp³-hybridized carbons (Fsp3) is 0.462. The molecule has 100 valence electrons. The lowest BCUT2D eigenvalue weighted by atomic mass is 10.1. The van der Waals surface area contributed by atoms with Gasteiger partial charge in [0.15, 0.2) is 0 Å². The van der Waals surface area contributed by atoms with E-state index in [0.717, 1.165) is 5.56 Å². The summed E-state index contributed by atoms with van der Waals surface area (Å²) in [6.07, 6.45) is 0.195. The van der Waals surface area contributed by atoms with Crippen LogP contribution in [0.1, 0.15) is 25.0 Å². The van der Waals surface area contributed by atoms with Crippen LogP contribution in [0.15, 0.2) is 18.2 Å². The summed E-state index contributed by atoms with van der Waals surface area (Å²) < 4.78 is 24.1. The molecule has 1 aromatic carbocycles. The average molecular weight is 271 g/mol. The lowest BCUT2D eigenvalue weighted by Crippen LogP contribution is -2.13. The van der Waals surface area contributed by atoms with Crippen LogP contribution in [0, 0.1) is 5.82 Å². The van der Waals surface area contributed by atoms with Crippen molar-refractivity contribution in [2.24, 2.45) is 5.73 Å². The van der Waals surface area contributed by atoms with Gasteiger partial charge >= 0.3 is 0 Å². The quantitative estimate of drug-likeness (QED) is 0.611. The molecule has 0 bridgehead atoms. The topological polar surface area (TPSA) is 44.5 Å². The summed E-state index contributed by atoms with van der Waals surface area (Å²) in [5.41, 5.74) is 6.51. The van der Waals surface area contributed by atoms with Crippen molar-refractivity contribution < 1.29 is 13.9 Å². The highest BCUT2D eigenvalue weighted by molar-refractivity contribution is 7.80. The number of thiocarbonyl (C=S) groups is 1. The summed E-state index contributed by atoms with van der Waals surface area (Å²) in [6, 6.07) is 4.61. The summed E-state index contributed by atoms with van der Waals surface area (Å²) in [6.45, 7) is 5.36. The Kier molecular flexibility index (Phi) is 6.18. The lowest BCUT2D eigenvalue weighted by molar-refractivity contribution is 0.0143. The Hall–Kier alpha value is -1.04. The molecule has 18 heavy (non-hydrogen) atoms. The van der Waals surface area contributed by atoms with Gasteiger partial charge < -0.3 is 15.2 Å². The molecule has 0 amide bonds. The largest absolute Gasteiger partial charge is 0.389 e. The van der Waals surface area contributed by atoms with E-state index in [1.165, 1.54) is 6.07 Å². The highest BCUT2D eigenvalue weighted by atomic mass is 32.1. The second kappa shape index (κ2) is 7.41. The third kappa shape index (κ3) is 5.08. The van der Waals surface area contributed by atoms with E-state index in [1.54, 1.807) is 12.1 Å². The van der Waals surface area contributed by atoms with Crippen LogP contribution in [-0.4, -0.2) is 24.3 Å². The molecule has 0 spiro atoms. The van der Waals surface area contributed by atoms with E-state index in [-0.39, 0.29) is 16.7 Å². The van der Waals surface area contributed by atoms with Crippen LogP contribution < -0.4 is 5.73 Å². The Morgan fingerprint density at radius 2 is 2.11 bits per heavy atom. The van der Waals surface area contributed by atoms with Crippen LogP contribution in [0.4, 0.5) is 4.39 Å². The summed E-state index contributed by atoms with van der Waals surface area (Å²) in [7, 11) is 0. The van der Waals surface area contributed by atoms with Gasteiger partial charge in [-0.3, -0.25) is 0 Å². The number of rotatable bonds is 7. The van der Waals surface area contributed by atoms with Crippen LogP contribution in [0.3, 0.4) is 0 Å². The Labute approximate surface area is 112 Å². The van der Waals surface area contributed by atoms with Gasteiger partial charge in [-0.2, -0.15) is 0 Å². The van der Waals surface area contributed by atoms with E-state index in [2.05, 4.69) is 0 Å². The van der Waals surface area contributed by atoms with E-state index in [9.17, 15) is 4.39 Å². The monoisotopic (exact) mass is 271 g/mol. The number of nitrogens with two attached hydrogens (primary N) is 1. The average Bonchev–Trinajstić information content (AvgIpc) is 2.30. The summed E-state index contributed by atoms with van der Waals surface area (Å²) in [5, 5.41) is 0. The van der Waals surface area contributed by atoms with Crippen LogP contribution in [0.25, 0.3) is 0 Å². The predicted octanol–water partition coefficient (Wildman–Crippen LogP) is 2.40. The van der Waals surface area contributed by atoms with Crippen LogP contribution in [0.2, 0.25) is 0 Å². The molecule has 0 fully saturated rings. The highest BCUT2D eigenvalue weighted by Gasteiger charge is 2.06. The smallest absolute Gasteiger partial charge is 0.133 e. The van der Waals surface area contributed by atoms with Gasteiger partial charge in [0.2, 0.25) is 0 Å². The fourth-order valence-corrected chi connectivity index (χ4v) is 1.54. The molecule has 0 heterocycles. The van der Waals surface area contributed by atoms with Gasteiger partial charge in [0, 0.05) is 5.56 Å². The van der Waals surface area contributed by atoms with Crippen LogP contribution in [-0.2, 0) is 16.1 Å². The molecule has 0 aliphatic rings. The molecular weight excluding hydrogens is 253 g/mol. The van der Waals surface area contributed by atoms with Crippen molar-refractivity contribution in [2.45, 2.75) is 26.6 Å². The minimum absolute atomic E-state index is 0.0532. The minimum Gasteiger partial charge on any atom is -0.389 e. The Bertz CT molecular complexity index is 410. The number of benzene rings is 1. The van der Waals surface area contributed by atoms with Gasteiger partial charge in [-0.25, -0.2) is 4.39 Å². The standard InChI is InChI=1S/C13H18FNO2S/c1-9(2)17-6-5-16-8-10-3-4-12(14)11(7-10)13(15)18/h3-4,7,9H,5-6,8H2,1-2H3,(H2,15,18). The first kappa shape index (κ1) is 15.0. The molecule has 0 aromatic heterocycles. The van der Waals surface area contributed by atoms with Crippen molar-refractivity contribution in [3.8, 4) is 0 Å². The third-order valence-corrected chi connectivity index (χ3v) is 2.46. The zero-order valence-electron chi connectivity index (χ0n) is 10.6. The van der Waals surface area contributed by atoms with Crippen molar-refractivity contribution >= 4 is 17.2 Å². The van der Waals surface area contributed by atoms with Crippen molar-refractivity contribution in [3.05, 3.63) is 35.1 Å². The van der Waals surface area contributed by atoms with E-state index >= 15 is 0 Å². The minimum atomic E-state index is -0.408. The lowest BCUT2D eigenvalue weighted by Gasteiger charge is -2.09. The van der Waals surface area contributed by atoms with Crippen molar-refractivity contribution in [1.82, 2.24) is 0 Å². The maximum atomic E-state index is 13.3. The van der Waals surface area contributed by atoms with E-state index < -0.39 is 5.82 Å². The molecular formula is C13H18FNO2S. The second-order valence-corrected chi connectivity index (χ2v) is 4.59. The normalized spacial score (nSPS) is 10.9. The first-order valence-electron chi connectivity index (χ1n) is 5.78. The van der Waals surface area contributed by atoms with Gasteiger partial charge in [0.25, 0.3) is 0 Å². The van der Waals surface area contributed by atoms with E-state index in [1.807, 2.05) is 13.8 Å². The predicted molar refractivity (Wildman–Crippen MR) is 73.0 cm³/mol. The van der Waals surface area contributed by atoms with Crippen LogP contribution >= 0.6 is 12.2 Å². The molecule has 5 heteroatoms. The number of hydrogen-bond acceptors (Lipinski definition) is 3. The van der Waals surface area contributed by atoms with Gasteiger partial charge in [-0.1, -0.05) is 18.3 Å². The zero-order chi connectivity index (χ0) is 13.5. The number of hydrogen-bond donors (Lipinski definition) is 1. The van der Waals surface area contributed by atoms with Gasteiger partial charge in [-0.05, 0) is 31.5 Å². The molecule has 0 saturated heterocycles. The van der Waals surface area contributed by atoms with E-state index in [0.29, 0.717) is 19.8 Å². The third-order valence-electron chi connectivity index (χ3n) is 2.24. The molecule has 0 unspecified atom stereocenters. The second-order valence-electron chi connectivity index (χ2n) is 4.15. The maximum absolute atomic E-state index is 13.3. The molecule has 0 saturated carbocycles. The molecule has 0 aliphatic heterocycles. The summed E-state index contributed by atoms with van der Waals surface area (Å²) >= 11 is 4.77. The Balaban J connectivity index is 2.43. The van der Waals surface area contributed by atoms with Gasteiger partial charge in [0.05, 0.1) is 25.9 Å². The van der Waals surface area contributed by atoms with Crippen LogP contribution in [0.5, 0.6) is 0 Å². The zero-order valence-corrected chi connectivity index (χ0v) is 11.4. The fourth-order valence-electron chi connectivity index (χ4n) is 1.38. The first-order valence-corrected chi connectivity index (χ1v) is 6.19. The molecule has 0 atom stereocenters. The summed E-state index contributed by atoms with van der Waals surface area (Å²) in [4.78, 5) is 0.0532. The molecule has 3 nitrogen and oxygen atoms in total. The van der Waals surface area contributed by atoms with Crippen molar-refractivity contribution in [2.75, 3.05) is 13.2 Å². The van der Waals surface area contributed by atoms with Crippen molar-refractivity contribution in [1.29, 1.82) is 0 Å². The Morgan fingerprint density at radius 3 is 2.72 bits per heavy atom. The maximum Gasteiger partial charge on any atom is 0.133 e. The SMILES string of the molecule is CC(C)OCCOCc1ccc(F)c(C(N)=S)c1. The number of halogens is 1. The van der Waals surface area contributed by atoms with Gasteiger partial charge in [-0.15, -0.1) is 0 Å². The Morgan fingerprint density at radius 1 is 1.39 bits per heavy atom. The molecule has 1 rings (SSSR count). The van der Waals surface area contributed by atoms with Gasteiger partial charge in [0.1, 0.15) is 10.8 Å². The molecule has 2 N–H and O–H groups in total. The molecule has 1 aromatic rings. The van der Waals surface area contributed by atoms with Crippen molar-refractivity contribution in [3.63, 3.8) is 0 Å².